The summed E-state index contributed by atoms with van der Waals surface area (Å²) in [4.78, 5) is 12.5. The quantitative estimate of drug-likeness (QED) is 0.645. The van der Waals surface area contributed by atoms with Gasteiger partial charge in [0.25, 0.3) is 0 Å². The van der Waals surface area contributed by atoms with Crippen LogP contribution in [0.1, 0.15) is 22.0 Å². The molecule has 3 heterocycles. The lowest BCUT2D eigenvalue weighted by Gasteiger charge is -1.98. The molecule has 0 aromatic carbocycles. The number of nitrogens with zero attached hydrogens (tertiary/aromatic N) is 3. The highest BCUT2D eigenvalue weighted by atomic mass is 32.2. The van der Waals surface area contributed by atoms with Crippen LogP contribution in [0.3, 0.4) is 0 Å². The Balaban J connectivity index is 0.000000211. The Kier molecular flexibility index (Phi) is 6.55. The summed E-state index contributed by atoms with van der Waals surface area (Å²) < 4.78 is 1.27. The number of aromatic nitrogens is 3. The number of aryl methyl sites for hydroxylation is 3. The van der Waals surface area contributed by atoms with Crippen molar-refractivity contribution in [2.24, 2.45) is 0 Å². The van der Waals surface area contributed by atoms with Crippen LogP contribution in [0.25, 0.3) is 0 Å². The van der Waals surface area contributed by atoms with Gasteiger partial charge in [0, 0.05) is 29.5 Å². The van der Waals surface area contributed by atoms with E-state index in [-0.39, 0.29) is 0 Å². The van der Waals surface area contributed by atoms with Crippen molar-refractivity contribution in [3.63, 3.8) is 0 Å². The summed E-state index contributed by atoms with van der Waals surface area (Å²) in [7, 11) is 0. The van der Waals surface area contributed by atoms with E-state index in [0.717, 1.165) is 22.1 Å². The molecule has 0 aliphatic rings. The molecule has 0 radical (unpaired) electrons. The van der Waals surface area contributed by atoms with Crippen LogP contribution in [0.2, 0.25) is 0 Å². The fourth-order valence-corrected chi connectivity index (χ4v) is 3.48. The Hall–Kier alpha value is -1.72. The van der Waals surface area contributed by atoms with Gasteiger partial charge in [-0.25, -0.2) is 4.98 Å². The third-order valence-corrected chi connectivity index (χ3v) is 4.95. The molecule has 0 saturated carbocycles. The highest BCUT2D eigenvalue weighted by molar-refractivity contribution is 8.00. The van der Waals surface area contributed by atoms with Gasteiger partial charge in [-0.05, 0) is 44.5 Å². The Bertz CT molecular complexity index is 679. The average Bonchev–Trinajstić information content (AvgIpc) is 2.94. The molecule has 3 rings (SSSR count). The number of rotatable bonds is 3. The van der Waals surface area contributed by atoms with Gasteiger partial charge in [-0.15, -0.1) is 23.1 Å². The summed E-state index contributed by atoms with van der Waals surface area (Å²) in [5.41, 5.74) is 3.40. The van der Waals surface area contributed by atoms with E-state index in [1.165, 1.54) is 9.77 Å². The summed E-state index contributed by atoms with van der Waals surface area (Å²) >= 11 is 3.56. The molecule has 0 unspecified atom stereocenters. The van der Waals surface area contributed by atoms with Crippen LogP contribution in [0.5, 0.6) is 0 Å². The molecule has 0 amide bonds. The van der Waals surface area contributed by atoms with E-state index in [1.54, 1.807) is 17.5 Å². The van der Waals surface area contributed by atoms with Gasteiger partial charge in [-0.1, -0.05) is 12.1 Å². The molecule has 114 valence electrons. The van der Waals surface area contributed by atoms with Crippen LogP contribution >= 0.6 is 23.1 Å². The topological polar surface area (TPSA) is 38.7 Å². The number of hydrogen-bond acceptors (Lipinski definition) is 5. The normalized spacial score (nSPS) is 9.95. The Labute approximate surface area is 139 Å². The zero-order valence-corrected chi connectivity index (χ0v) is 14.6. The van der Waals surface area contributed by atoms with Crippen molar-refractivity contribution < 1.29 is 0 Å². The molecule has 0 fully saturated rings. The van der Waals surface area contributed by atoms with Gasteiger partial charge in [0.05, 0.1) is 15.4 Å². The molecule has 0 N–H and O–H groups in total. The second kappa shape index (κ2) is 8.66. The fourth-order valence-electron chi connectivity index (χ4n) is 1.60. The Morgan fingerprint density at radius 1 is 0.909 bits per heavy atom. The fraction of sp³-hybridized carbons (Fsp3) is 0.235. The summed E-state index contributed by atoms with van der Waals surface area (Å²) in [6, 6.07) is 10.0. The average molecular weight is 329 g/mol. The highest BCUT2D eigenvalue weighted by Crippen LogP contribution is 2.27. The second-order valence-corrected chi connectivity index (χ2v) is 7.28. The zero-order valence-electron chi connectivity index (χ0n) is 13.0. The summed E-state index contributed by atoms with van der Waals surface area (Å²) in [5, 5.41) is 1.12. The van der Waals surface area contributed by atoms with Crippen molar-refractivity contribution in [1.29, 1.82) is 0 Å². The third-order valence-electron chi connectivity index (χ3n) is 2.77. The molecule has 0 aliphatic heterocycles. The maximum atomic E-state index is 4.27. The smallest absolute Gasteiger partial charge is 0.0905 e. The first-order chi connectivity index (χ1) is 10.6. The van der Waals surface area contributed by atoms with Gasteiger partial charge in [0.1, 0.15) is 0 Å². The highest BCUT2D eigenvalue weighted by Gasteiger charge is 2.00. The lowest BCUT2D eigenvalue weighted by Crippen LogP contribution is -1.84. The molecule has 0 aliphatic carbocycles. The number of pyridine rings is 2. The van der Waals surface area contributed by atoms with Gasteiger partial charge in [-0.2, -0.15) is 0 Å². The van der Waals surface area contributed by atoms with Crippen LogP contribution in [-0.2, 0) is 5.75 Å². The lowest BCUT2D eigenvalue weighted by atomic mass is 10.3. The predicted octanol–water partition coefficient (Wildman–Crippen LogP) is 4.84. The molecule has 3 aromatic heterocycles. The van der Waals surface area contributed by atoms with E-state index in [4.69, 9.17) is 0 Å². The Morgan fingerprint density at radius 3 is 2.23 bits per heavy atom. The van der Waals surface area contributed by atoms with Crippen LogP contribution in [-0.4, -0.2) is 15.0 Å². The molecule has 22 heavy (non-hydrogen) atoms. The van der Waals surface area contributed by atoms with E-state index >= 15 is 0 Å². The third kappa shape index (κ3) is 5.95. The first kappa shape index (κ1) is 16.6. The molecule has 0 spiro atoms. The number of hydrogen-bond donors (Lipinski definition) is 0. The molecule has 0 saturated heterocycles. The first-order valence-corrected chi connectivity index (χ1v) is 8.78. The number of thioether (sulfide) groups is 1. The largest absolute Gasteiger partial charge is 0.262 e. The lowest BCUT2D eigenvalue weighted by molar-refractivity contribution is 1.16. The monoisotopic (exact) mass is 329 g/mol. The first-order valence-electron chi connectivity index (χ1n) is 6.98. The van der Waals surface area contributed by atoms with Crippen molar-refractivity contribution in [2.75, 3.05) is 0 Å². The van der Waals surface area contributed by atoms with Crippen LogP contribution in [0.4, 0.5) is 0 Å². The number of thiazole rings is 1. The second-order valence-electron chi connectivity index (χ2n) is 4.77. The van der Waals surface area contributed by atoms with Crippen molar-refractivity contribution >= 4 is 23.1 Å². The van der Waals surface area contributed by atoms with Crippen LogP contribution in [0.15, 0.2) is 53.1 Å². The molecule has 0 atom stereocenters. The van der Waals surface area contributed by atoms with E-state index < -0.39 is 0 Å². The predicted molar refractivity (Wildman–Crippen MR) is 94.4 cm³/mol. The van der Waals surface area contributed by atoms with E-state index in [0.29, 0.717) is 0 Å². The van der Waals surface area contributed by atoms with Crippen molar-refractivity contribution in [2.45, 2.75) is 30.7 Å². The summed E-state index contributed by atoms with van der Waals surface area (Å²) in [5.74, 6) is 0.967. The van der Waals surface area contributed by atoms with E-state index in [2.05, 4.69) is 21.0 Å². The minimum atomic E-state index is 0.967. The summed E-state index contributed by atoms with van der Waals surface area (Å²) in [6.07, 6.45) is 5.66. The van der Waals surface area contributed by atoms with E-state index in [1.807, 2.05) is 69.2 Å². The van der Waals surface area contributed by atoms with Gasteiger partial charge < -0.3 is 0 Å². The standard InChI is InChI=1S/C11H12N2S2.C6H7N/c1-8-3-4-10(5-12-8)7-14-11-6-13-9(2)15-11;1-6-4-2-3-5-7-6/h3-6H,7H2,1-2H3;2-5H,1H3. The van der Waals surface area contributed by atoms with Crippen molar-refractivity contribution in [3.8, 4) is 0 Å². The minimum absolute atomic E-state index is 0.967. The van der Waals surface area contributed by atoms with Gasteiger partial charge in [0.2, 0.25) is 0 Å². The van der Waals surface area contributed by atoms with E-state index in [9.17, 15) is 0 Å². The van der Waals surface area contributed by atoms with Crippen molar-refractivity contribution in [3.05, 3.63) is 70.9 Å². The Morgan fingerprint density at radius 2 is 1.73 bits per heavy atom. The maximum absolute atomic E-state index is 4.27. The zero-order chi connectivity index (χ0) is 15.8. The van der Waals surface area contributed by atoms with Gasteiger partial charge in [-0.3, -0.25) is 9.97 Å². The molecule has 3 aromatic rings. The summed E-state index contributed by atoms with van der Waals surface area (Å²) in [6.45, 7) is 6.01. The van der Waals surface area contributed by atoms with Crippen LogP contribution < -0.4 is 0 Å². The van der Waals surface area contributed by atoms with Gasteiger partial charge in [0.15, 0.2) is 0 Å². The van der Waals surface area contributed by atoms with Gasteiger partial charge >= 0.3 is 0 Å². The maximum Gasteiger partial charge on any atom is 0.0905 e. The molecule has 0 bridgehead atoms. The van der Waals surface area contributed by atoms with Crippen LogP contribution in [0, 0.1) is 20.8 Å². The molecule has 3 nitrogen and oxygen atoms in total. The molecular weight excluding hydrogens is 310 g/mol. The molecule has 5 heteroatoms. The SMILES string of the molecule is Cc1ccc(CSc2cnc(C)s2)cn1.Cc1ccccn1. The van der Waals surface area contributed by atoms with Crippen molar-refractivity contribution in [1.82, 2.24) is 15.0 Å². The molecular formula is C17H19N3S2. The minimum Gasteiger partial charge on any atom is -0.262 e.